The summed E-state index contributed by atoms with van der Waals surface area (Å²) >= 11 is 7.58. The van der Waals surface area contributed by atoms with Gasteiger partial charge in [0.05, 0.1) is 0 Å². The maximum Gasteiger partial charge on any atom is 0.207 e. The van der Waals surface area contributed by atoms with Crippen molar-refractivity contribution >= 4 is 68.6 Å². The molecule has 15 heavy (non-hydrogen) atoms. The van der Waals surface area contributed by atoms with Crippen LogP contribution in [0.15, 0.2) is 13.0 Å². The van der Waals surface area contributed by atoms with E-state index in [1.54, 1.807) is 0 Å². The zero-order valence-corrected chi connectivity index (χ0v) is 11.6. The largest absolute Gasteiger partial charge is 0.257 e. The number of aromatic nitrogens is 4. The molecule has 0 aliphatic carbocycles. The first-order chi connectivity index (χ1) is 7.28. The molecule has 0 spiro atoms. The lowest BCUT2D eigenvalue weighted by Gasteiger charge is -1.87. The minimum absolute atomic E-state index is 0.102. The van der Waals surface area contributed by atoms with Crippen LogP contribution in [0.4, 0.5) is 3.89 Å². The van der Waals surface area contributed by atoms with Gasteiger partial charge in [0, 0.05) is 0 Å². The van der Waals surface area contributed by atoms with Crippen LogP contribution in [0.25, 0.3) is 0 Å². The summed E-state index contributed by atoms with van der Waals surface area (Å²) in [4.78, 5) is 0. The fourth-order valence-electron chi connectivity index (χ4n) is 0.585. The van der Waals surface area contributed by atoms with Gasteiger partial charge in [0.25, 0.3) is 0 Å². The minimum Gasteiger partial charge on any atom is -0.257 e. The quantitative estimate of drug-likeness (QED) is 0.679. The summed E-state index contributed by atoms with van der Waals surface area (Å²) in [5.41, 5.74) is 0. The van der Waals surface area contributed by atoms with Crippen LogP contribution in [0.2, 0.25) is 0 Å². The second kappa shape index (κ2) is 5.59. The Balaban J connectivity index is 1.95. The normalized spacial score (nSPS) is 10.7. The van der Waals surface area contributed by atoms with Crippen LogP contribution in [0, 0.1) is 3.95 Å². The molecule has 0 aliphatic heterocycles. The molecule has 2 rings (SSSR count). The first-order valence-electron chi connectivity index (χ1n) is 3.30. The molecule has 80 valence electrons. The van der Waals surface area contributed by atoms with Gasteiger partial charge in [-0.3, -0.25) is 5.10 Å². The Bertz CT molecular complexity index is 489. The van der Waals surface area contributed by atoms with Gasteiger partial charge in [-0.2, -0.15) is 8.98 Å². The second-order valence-corrected chi connectivity index (χ2v) is 8.02. The van der Waals surface area contributed by atoms with Gasteiger partial charge >= 0.3 is 0 Å². The van der Waals surface area contributed by atoms with Crippen LogP contribution >= 0.6 is 68.6 Å². The van der Waals surface area contributed by atoms with Crippen molar-refractivity contribution in [3.63, 3.8) is 0 Å². The third kappa shape index (κ3) is 3.39. The SMILES string of the molecule is FSc1nnc(SSc2n[nH]c(=S)s2)s1. The number of nitrogens with one attached hydrogen (secondary N) is 1. The van der Waals surface area contributed by atoms with E-state index in [0.29, 0.717) is 12.6 Å². The monoisotopic (exact) mass is 316 g/mol. The molecule has 0 unspecified atom stereocenters. The number of aromatic amines is 1. The highest BCUT2D eigenvalue weighted by Gasteiger charge is 2.07. The molecule has 1 N–H and O–H groups in total. The zero-order valence-electron chi connectivity index (χ0n) is 6.67. The molecule has 2 aromatic heterocycles. The lowest BCUT2D eigenvalue weighted by atomic mass is 11.6. The smallest absolute Gasteiger partial charge is 0.207 e. The highest BCUT2D eigenvalue weighted by molar-refractivity contribution is 8.77. The van der Waals surface area contributed by atoms with E-state index < -0.39 is 0 Å². The first-order valence-corrected chi connectivity index (χ1v) is 8.21. The van der Waals surface area contributed by atoms with Gasteiger partial charge in [0.1, 0.15) is 12.1 Å². The summed E-state index contributed by atoms with van der Waals surface area (Å²) in [6, 6.07) is 0. The Labute approximate surface area is 109 Å². The summed E-state index contributed by atoms with van der Waals surface area (Å²) in [5, 5.41) is 14.1. The van der Waals surface area contributed by atoms with Crippen molar-refractivity contribution in [3.05, 3.63) is 3.95 Å². The van der Waals surface area contributed by atoms with E-state index in [1.807, 2.05) is 0 Å². The average Bonchev–Trinajstić information content (AvgIpc) is 2.83. The number of hydrogen-bond acceptors (Lipinski definition) is 9. The van der Waals surface area contributed by atoms with Gasteiger partial charge in [-0.05, 0) is 33.8 Å². The van der Waals surface area contributed by atoms with E-state index in [-0.39, 0.29) is 12.1 Å². The summed E-state index contributed by atoms with van der Waals surface area (Å²) in [6.07, 6.45) is 0. The second-order valence-electron chi connectivity index (χ2n) is 1.96. The molecule has 0 amide bonds. The van der Waals surface area contributed by atoms with Crippen molar-refractivity contribution in [2.24, 2.45) is 0 Å². The van der Waals surface area contributed by atoms with Crippen LogP contribution in [-0.2, 0) is 0 Å². The van der Waals surface area contributed by atoms with Crippen LogP contribution in [-0.4, -0.2) is 20.4 Å². The number of halogens is 1. The number of rotatable bonds is 4. The molecule has 0 bridgehead atoms. The number of nitrogens with zero attached hydrogens (tertiary/aromatic N) is 3. The highest BCUT2D eigenvalue weighted by atomic mass is 33.1. The Morgan fingerprint density at radius 2 is 1.87 bits per heavy atom. The van der Waals surface area contributed by atoms with E-state index >= 15 is 0 Å². The third-order valence-electron chi connectivity index (χ3n) is 1.06. The predicted octanol–water partition coefficient (Wildman–Crippen LogP) is 3.83. The van der Waals surface area contributed by atoms with Crippen LogP contribution in [0.1, 0.15) is 0 Å². The summed E-state index contributed by atoms with van der Waals surface area (Å²) < 4.78 is 14.5. The topological polar surface area (TPSA) is 54.5 Å². The molecule has 0 radical (unpaired) electrons. The fourth-order valence-corrected chi connectivity index (χ4v) is 5.20. The highest BCUT2D eigenvalue weighted by Crippen LogP contribution is 2.40. The molecular formula is C4HFN4S6. The standard InChI is InChI=1S/C4HFN4S6/c5-13-2-7-9-4(12-2)15-14-3-8-6-1(10)11-3/h(H,6,10). The predicted molar refractivity (Wildman–Crippen MR) is 65.9 cm³/mol. The van der Waals surface area contributed by atoms with Gasteiger partial charge in [0.15, 0.2) is 12.6 Å². The van der Waals surface area contributed by atoms with Gasteiger partial charge in [0.2, 0.25) is 4.34 Å². The van der Waals surface area contributed by atoms with Crippen LogP contribution < -0.4 is 0 Å². The molecule has 0 fully saturated rings. The van der Waals surface area contributed by atoms with Gasteiger partial charge in [-0.25, -0.2) is 0 Å². The summed E-state index contributed by atoms with van der Waals surface area (Å²) in [5.74, 6) is 0. The molecule has 0 aliphatic rings. The van der Waals surface area contributed by atoms with Crippen molar-refractivity contribution < 1.29 is 3.89 Å². The average molecular weight is 316 g/mol. The zero-order chi connectivity index (χ0) is 10.7. The van der Waals surface area contributed by atoms with Crippen molar-refractivity contribution in [2.45, 2.75) is 13.0 Å². The molecule has 0 aromatic carbocycles. The molecule has 11 heteroatoms. The lowest BCUT2D eigenvalue weighted by Crippen LogP contribution is -1.69. The Kier molecular flexibility index (Phi) is 4.40. The maximum absolute atomic E-state index is 12.1. The van der Waals surface area contributed by atoms with E-state index in [9.17, 15) is 3.89 Å². The van der Waals surface area contributed by atoms with E-state index in [0.717, 1.165) is 4.34 Å². The lowest BCUT2D eigenvalue weighted by molar-refractivity contribution is 0.902. The van der Waals surface area contributed by atoms with Crippen molar-refractivity contribution in [2.75, 3.05) is 0 Å². The van der Waals surface area contributed by atoms with E-state index in [1.165, 1.54) is 44.3 Å². The van der Waals surface area contributed by atoms with Crippen molar-refractivity contribution in [3.8, 4) is 0 Å². The molecule has 2 heterocycles. The molecule has 4 nitrogen and oxygen atoms in total. The Morgan fingerprint density at radius 3 is 2.47 bits per heavy atom. The summed E-state index contributed by atoms with van der Waals surface area (Å²) in [6.45, 7) is 0. The van der Waals surface area contributed by atoms with Crippen molar-refractivity contribution in [1.29, 1.82) is 0 Å². The Hall–Kier alpha value is 0.320. The first kappa shape index (κ1) is 11.8. The fraction of sp³-hybridized carbons (Fsp3) is 0. The maximum atomic E-state index is 12.1. The molecule has 0 saturated heterocycles. The third-order valence-corrected chi connectivity index (χ3v) is 6.48. The van der Waals surface area contributed by atoms with Crippen molar-refractivity contribution in [1.82, 2.24) is 20.4 Å². The molecule has 0 saturated carbocycles. The van der Waals surface area contributed by atoms with Gasteiger partial charge in [-0.1, -0.05) is 22.7 Å². The minimum atomic E-state index is 0.102. The van der Waals surface area contributed by atoms with E-state index in [2.05, 4.69) is 20.4 Å². The van der Waals surface area contributed by atoms with Gasteiger partial charge in [-0.15, -0.1) is 10.2 Å². The molecule has 0 atom stereocenters. The van der Waals surface area contributed by atoms with Crippen LogP contribution in [0.5, 0.6) is 0 Å². The molecular weight excluding hydrogens is 315 g/mol. The Morgan fingerprint density at radius 1 is 1.13 bits per heavy atom. The van der Waals surface area contributed by atoms with Gasteiger partial charge < -0.3 is 0 Å². The number of H-pyrrole nitrogens is 1. The van der Waals surface area contributed by atoms with E-state index in [4.69, 9.17) is 12.2 Å². The number of hydrogen-bond donors (Lipinski definition) is 1. The molecule has 2 aromatic rings. The summed E-state index contributed by atoms with van der Waals surface area (Å²) in [7, 11) is 2.81. The van der Waals surface area contributed by atoms with Crippen LogP contribution in [0.3, 0.4) is 0 Å².